The van der Waals surface area contributed by atoms with E-state index in [0.29, 0.717) is 0 Å². The van der Waals surface area contributed by atoms with Crippen LogP contribution in [0.1, 0.15) is 11.6 Å². The fourth-order valence-electron chi connectivity index (χ4n) is 2.65. The van der Waals surface area contributed by atoms with Gasteiger partial charge in [0.1, 0.15) is 11.6 Å². The number of likely N-dealkylation sites (N-methyl/N-ethyl adjacent to an activating group) is 1. The van der Waals surface area contributed by atoms with E-state index in [1.807, 2.05) is 0 Å². The minimum Gasteiger partial charge on any atom is -0.315 e. The van der Waals surface area contributed by atoms with E-state index in [-0.39, 0.29) is 0 Å². The number of rotatable bonds is 2. The molecule has 0 aromatic carbocycles. The van der Waals surface area contributed by atoms with Crippen molar-refractivity contribution in [2.75, 3.05) is 46.3 Å². The quantitative estimate of drug-likeness (QED) is 0.742. The van der Waals surface area contributed by atoms with Gasteiger partial charge in [0.15, 0.2) is 0 Å². The molecular weight excluding hydrogens is 228 g/mol. The van der Waals surface area contributed by atoms with Crippen LogP contribution in [0.2, 0.25) is 0 Å². The Labute approximate surface area is 108 Å². The minimum atomic E-state index is 0.945. The molecule has 3 heterocycles. The molecule has 0 unspecified atom stereocenters. The van der Waals surface area contributed by atoms with Crippen molar-refractivity contribution in [3.8, 4) is 0 Å². The van der Waals surface area contributed by atoms with E-state index in [4.69, 9.17) is 0 Å². The van der Waals surface area contributed by atoms with Gasteiger partial charge in [-0.15, -0.1) is 10.2 Å². The third-order valence-electron chi connectivity index (χ3n) is 3.90. The highest BCUT2D eigenvalue weighted by Gasteiger charge is 2.19. The van der Waals surface area contributed by atoms with Crippen molar-refractivity contribution in [3.05, 3.63) is 11.6 Å². The molecule has 6 heteroatoms. The van der Waals surface area contributed by atoms with Gasteiger partial charge in [-0.2, -0.15) is 0 Å². The Kier molecular flexibility index (Phi) is 3.58. The summed E-state index contributed by atoms with van der Waals surface area (Å²) in [7, 11) is 2.19. The molecule has 18 heavy (non-hydrogen) atoms. The summed E-state index contributed by atoms with van der Waals surface area (Å²) in [5.74, 6) is 2.28. The number of nitrogens with zero attached hydrogens (tertiary/aromatic N) is 5. The lowest BCUT2D eigenvalue weighted by Crippen LogP contribution is -2.44. The van der Waals surface area contributed by atoms with Gasteiger partial charge in [0.25, 0.3) is 0 Å². The molecule has 1 aromatic heterocycles. The molecule has 100 valence electrons. The maximum absolute atomic E-state index is 4.38. The summed E-state index contributed by atoms with van der Waals surface area (Å²) in [6, 6.07) is 0. The van der Waals surface area contributed by atoms with Crippen LogP contribution in [0.3, 0.4) is 0 Å². The van der Waals surface area contributed by atoms with Gasteiger partial charge < -0.3 is 14.8 Å². The highest BCUT2D eigenvalue weighted by Crippen LogP contribution is 2.09. The molecule has 2 aliphatic rings. The first kappa shape index (κ1) is 12.1. The van der Waals surface area contributed by atoms with E-state index in [0.717, 1.165) is 70.4 Å². The van der Waals surface area contributed by atoms with E-state index in [1.54, 1.807) is 0 Å². The molecule has 6 nitrogen and oxygen atoms in total. The van der Waals surface area contributed by atoms with E-state index in [1.165, 1.54) is 0 Å². The average Bonchev–Trinajstić information content (AvgIpc) is 2.62. The predicted molar refractivity (Wildman–Crippen MR) is 69.4 cm³/mol. The third-order valence-corrected chi connectivity index (χ3v) is 3.90. The van der Waals surface area contributed by atoms with Gasteiger partial charge in [-0.25, -0.2) is 0 Å². The van der Waals surface area contributed by atoms with Crippen LogP contribution in [-0.2, 0) is 19.5 Å². The predicted octanol–water partition coefficient (Wildman–Crippen LogP) is -0.829. The Morgan fingerprint density at radius 1 is 1.06 bits per heavy atom. The normalized spacial score (nSPS) is 22.7. The van der Waals surface area contributed by atoms with Crippen LogP contribution < -0.4 is 5.32 Å². The fourth-order valence-corrected chi connectivity index (χ4v) is 2.65. The summed E-state index contributed by atoms with van der Waals surface area (Å²) in [4.78, 5) is 4.86. The summed E-state index contributed by atoms with van der Waals surface area (Å²) in [6.45, 7) is 8.58. The molecule has 0 atom stereocenters. The van der Waals surface area contributed by atoms with Crippen molar-refractivity contribution < 1.29 is 0 Å². The summed E-state index contributed by atoms with van der Waals surface area (Å²) >= 11 is 0. The highest BCUT2D eigenvalue weighted by atomic mass is 15.3. The summed E-state index contributed by atoms with van der Waals surface area (Å²) in [5.41, 5.74) is 0. The van der Waals surface area contributed by atoms with Crippen LogP contribution in [0.4, 0.5) is 0 Å². The van der Waals surface area contributed by atoms with Gasteiger partial charge >= 0.3 is 0 Å². The van der Waals surface area contributed by atoms with Crippen molar-refractivity contribution >= 4 is 0 Å². The molecule has 0 aliphatic carbocycles. The van der Waals surface area contributed by atoms with E-state index in [2.05, 4.69) is 36.9 Å². The first-order valence-corrected chi connectivity index (χ1v) is 6.85. The first-order valence-electron chi connectivity index (χ1n) is 6.85. The SMILES string of the molecule is CN1CCN(Cc2nnc3n2CCNCC3)CC1. The van der Waals surface area contributed by atoms with Gasteiger partial charge in [0.05, 0.1) is 6.54 Å². The second-order valence-corrected chi connectivity index (χ2v) is 5.26. The Balaban J connectivity index is 1.67. The lowest BCUT2D eigenvalue weighted by molar-refractivity contribution is 0.144. The lowest BCUT2D eigenvalue weighted by Gasteiger charge is -2.31. The van der Waals surface area contributed by atoms with Crippen LogP contribution >= 0.6 is 0 Å². The van der Waals surface area contributed by atoms with Crippen LogP contribution in [0.5, 0.6) is 0 Å². The van der Waals surface area contributed by atoms with Gasteiger partial charge in [-0.05, 0) is 7.05 Å². The average molecular weight is 250 g/mol. The largest absolute Gasteiger partial charge is 0.315 e. The van der Waals surface area contributed by atoms with Gasteiger partial charge in [0.2, 0.25) is 0 Å². The van der Waals surface area contributed by atoms with E-state index >= 15 is 0 Å². The molecule has 0 amide bonds. The summed E-state index contributed by atoms with van der Waals surface area (Å²) in [5, 5.41) is 12.1. The van der Waals surface area contributed by atoms with Crippen molar-refractivity contribution in [1.82, 2.24) is 29.9 Å². The second kappa shape index (κ2) is 5.34. The molecular formula is C12H22N6. The molecule has 3 rings (SSSR count). The fraction of sp³-hybridized carbons (Fsp3) is 0.833. The van der Waals surface area contributed by atoms with Gasteiger partial charge in [-0.1, -0.05) is 0 Å². The molecule has 1 saturated heterocycles. The molecule has 0 saturated carbocycles. The molecule has 1 fully saturated rings. The van der Waals surface area contributed by atoms with Crippen LogP contribution in [0, 0.1) is 0 Å². The number of aromatic nitrogens is 3. The van der Waals surface area contributed by atoms with Crippen molar-refractivity contribution in [2.24, 2.45) is 0 Å². The van der Waals surface area contributed by atoms with Crippen molar-refractivity contribution in [1.29, 1.82) is 0 Å². The number of hydrogen-bond acceptors (Lipinski definition) is 5. The van der Waals surface area contributed by atoms with Crippen molar-refractivity contribution in [2.45, 2.75) is 19.5 Å². The van der Waals surface area contributed by atoms with Crippen LogP contribution in [0.25, 0.3) is 0 Å². The number of piperazine rings is 1. The highest BCUT2D eigenvalue weighted by molar-refractivity contribution is 4.99. The smallest absolute Gasteiger partial charge is 0.147 e. The second-order valence-electron chi connectivity index (χ2n) is 5.26. The van der Waals surface area contributed by atoms with Gasteiger partial charge in [-0.3, -0.25) is 4.90 Å². The lowest BCUT2D eigenvalue weighted by atomic mass is 10.3. The third kappa shape index (κ3) is 2.55. The molecule has 0 spiro atoms. The molecule has 0 radical (unpaired) electrons. The zero-order valence-electron chi connectivity index (χ0n) is 11.1. The van der Waals surface area contributed by atoms with E-state index in [9.17, 15) is 0 Å². The summed E-state index contributed by atoms with van der Waals surface area (Å²) < 4.78 is 2.30. The minimum absolute atomic E-state index is 0.945. The Hall–Kier alpha value is -0.980. The number of fused-ring (bicyclic) bond motifs is 1. The Bertz CT molecular complexity index is 393. The summed E-state index contributed by atoms with van der Waals surface area (Å²) in [6.07, 6.45) is 0.996. The van der Waals surface area contributed by atoms with Gasteiger partial charge in [0, 0.05) is 52.2 Å². The standard InChI is InChI=1S/C12H22N6/c1-16-6-8-17(9-7-16)10-12-15-14-11-2-3-13-4-5-18(11)12/h13H,2-10H2,1H3. The zero-order valence-corrected chi connectivity index (χ0v) is 11.1. The first-order chi connectivity index (χ1) is 8.83. The maximum Gasteiger partial charge on any atom is 0.147 e. The Morgan fingerprint density at radius 3 is 2.72 bits per heavy atom. The topological polar surface area (TPSA) is 49.2 Å². The van der Waals surface area contributed by atoms with Crippen LogP contribution in [0.15, 0.2) is 0 Å². The number of hydrogen-bond donors (Lipinski definition) is 1. The maximum atomic E-state index is 4.38. The molecule has 1 N–H and O–H groups in total. The van der Waals surface area contributed by atoms with Crippen LogP contribution in [-0.4, -0.2) is 70.9 Å². The zero-order chi connectivity index (χ0) is 12.4. The number of nitrogens with one attached hydrogen (secondary N) is 1. The Morgan fingerprint density at radius 2 is 1.89 bits per heavy atom. The van der Waals surface area contributed by atoms with E-state index < -0.39 is 0 Å². The monoisotopic (exact) mass is 250 g/mol. The molecule has 1 aromatic rings. The molecule has 0 bridgehead atoms. The van der Waals surface area contributed by atoms with Crippen molar-refractivity contribution in [3.63, 3.8) is 0 Å². The molecule has 2 aliphatic heterocycles.